The van der Waals surface area contributed by atoms with E-state index in [2.05, 4.69) is 20.8 Å². The molecule has 0 fully saturated rings. The monoisotopic (exact) mass is 415 g/mol. The summed E-state index contributed by atoms with van der Waals surface area (Å²) in [5.41, 5.74) is 5.99. The number of ether oxygens (including phenoxy) is 2. The highest BCUT2D eigenvalue weighted by molar-refractivity contribution is 7.75. The molecule has 29 heavy (non-hydrogen) atoms. The highest BCUT2D eigenvalue weighted by Gasteiger charge is 2.25. The van der Waals surface area contributed by atoms with Crippen molar-refractivity contribution in [3.63, 3.8) is 0 Å². The lowest BCUT2D eigenvalue weighted by Crippen LogP contribution is -2.31. The molecule has 8 nitrogen and oxygen atoms in total. The third-order valence-corrected chi connectivity index (χ3v) is 6.92. The van der Waals surface area contributed by atoms with E-state index in [1.54, 1.807) is 11.8 Å². The van der Waals surface area contributed by atoms with Gasteiger partial charge in [-0.15, -0.1) is 10.6 Å². The number of urea groups is 1. The molecule has 0 spiro atoms. The zero-order valence-corrected chi connectivity index (χ0v) is 17.1. The van der Waals surface area contributed by atoms with Gasteiger partial charge in [0.1, 0.15) is 12.7 Å². The molecular formula is C20H23N4O4S-. The first-order chi connectivity index (χ1) is 14.1. The van der Waals surface area contributed by atoms with Crippen molar-refractivity contribution < 1.29 is 18.5 Å². The van der Waals surface area contributed by atoms with E-state index in [0.717, 1.165) is 44.2 Å². The molecule has 1 aromatic carbocycles. The van der Waals surface area contributed by atoms with Gasteiger partial charge < -0.3 is 23.4 Å². The number of nitrogens with one attached hydrogen (secondary N) is 1. The SMILES string of the molecule is CO[C@@H]1COc2c([S-](=O)=NC(=O)Nc3c4c(cc5c3CCC5)CCC4)cnn2C1. The molecule has 2 amide bonds. The summed E-state index contributed by atoms with van der Waals surface area (Å²) in [4.78, 5) is 12.9. The van der Waals surface area contributed by atoms with E-state index in [1.807, 2.05) is 0 Å². The summed E-state index contributed by atoms with van der Waals surface area (Å²) >= 11 is 0. The Bertz CT molecular complexity index is 1040. The third-order valence-electron chi connectivity index (χ3n) is 5.93. The molecule has 2 heterocycles. The molecule has 1 atom stereocenters. The fourth-order valence-corrected chi connectivity index (χ4v) is 5.28. The number of carbonyl (C=O) groups is 1. The van der Waals surface area contributed by atoms with E-state index in [1.165, 1.54) is 28.5 Å². The van der Waals surface area contributed by atoms with E-state index in [0.29, 0.717) is 23.9 Å². The molecule has 1 aliphatic heterocycles. The molecule has 154 valence electrons. The second-order valence-electron chi connectivity index (χ2n) is 7.67. The average molecular weight is 415 g/mol. The van der Waals surface area contributed by atoms with E-state index in [4.69, 9.17) is 9.47 Å². The summed E-state index contributed by atoms with van der Waals surface area (Å²) in [5, 5.41) is 7.13. The maximum absolute atomic E-state index is 12.7. The van der Waals surface area contributed by atoms with Gasteiger partial charge in [0, 0.05) is 19.0 Å². The second kappa shape index (κ2) is 7.46. The first-order valence-corrected chi connectivity index (χ1v) is 11.1. The van der Waals surface area contributed by atoms with Crippen LogP contribution in [0.2, 0.25) is 0 Å². The van der Waals surface area contributed by atoms with E-state index < -0.39 is 16.6 Å². The fourth-order valence-electron chi connectivity index (χ4n) is 4.53. The summed E-state index contributed by atoms with van der Waals surface area (Å²) < 4.78 is 29.1. The number of anilines is 1. The van der Waals surface area contributed by atoms with Crippen molar-refractivity contribution in [1.82, 2.24) is 9.78 Å². The maximum atomic E-state index is 12.7. The Hall–Kier alpha value is -2.39. The first-order valence-electron chi connectivity index (χ1n) is 9.96. The average Bonchev–Trinajstić information content (AvgIpc) is 3.45. The number of methoxy groups -OCH3 is 1. The van der Waals surface area contributed by atoms with E-state index in [9.17, 15) is 9.00 Å². The minimum absolute atomic E-state index is 0.105. The number of carbonyl (C=O) groups excluding carboxylic acids is 1. The quantitative estimate of drug-likeness (QED) is 0.778. The standard InChI is InChI=1S/C20H23N4O4S/c1-27-14-10-24-19(28-11-14)17(9-21-24)29(26)23-20(25)22-18-15-6-2-4-12(15)8-13-5-3-7-16(13)18/h8-9,14H,2-7,10-11H2,1H3,(H,22,25)/q-1/t14-/m0/s1. The van der Waals surface area contributed by atoms with Crippen molar-refractivity contribution in [2.75, 3.05) is 19.0 Å². The summed E-state index contributed by atoms with van der Waals surface area (Å²) in [6.07, 6.45) is 7.58. The number of hydrogen-bond donors (Lipinski definition) is 1. The van der Waals surface area contributed by atoms with E-state index in [-0.39, 0.29) is 6.10 Å². The van der Waals surface area contributed by atoms with Crippen LogP contribution in [0, 0.1) is 0 Å². The third kappa shape index (κ3) is 3.32. The summed E-state index contributed by atoms with van der Waals surface area (Å²) in [7, 11) is -0.282. The molecule has 9 heteroatoms. The van der Waals surface area contributed by atoms with Crippen molar-refractivity contribution in [2.24, 2.45) is 4.36 Å². The number of fused-ring (bicyclic) bond motifs is 3. The predicted molar refractivity (Wildman–Crippen MR) is 107 cm³/mol. The first kappa shape index (κ1) is 18.6. The van der Waals surface area contributed by atoms with Gasteiger partial charge in [0.05, 0.1) is 6.54 Å². The van der Waals surface area contributed by atoms with Crippen LogP contribution < -0.4 is 10.1 Å². The molecule has 5 rings (SSSR count). The Morgan fingerprint density at radius 3 is 2.69 bits per heavy atom. The second-order valence-corrected chi connectivity index (χ2v) is 8.79. The summed E-state index contributed by atoms with van der Waals surface area (Å²) in [6.45, 7) is 0.860. The largest absolute Gasteiger partial charge is 0.476 e. The van der Waals surface area contributed by atoms with Crippen molar-refractivity contribution >= 4 is 22.3 Å². The zero-order chi connectivity index (χ0) is 20.0. The van der Waals surface area contributed by atoms with Crippen molar-refractivity contribution in [1.29, 1.82) is 0 Å². The molecule has 0 saturated carbocycles. The maximum Gasteiger partial charge on any atom is 0.322 e. The van der Waals surface area contributed by atoms with Gasteiger partial charge in [-0.3, -0.25) is 0 Å². The molecular weight excluding hydrogens is 392 g/mol. The Morgan fingerprint density at radius 2 is 2.00 bits per heavy atom. The summed E-state index contributed by atoms with van der Waals surface area (Å²) in [6, 6.07) is 1.71. The van der Waals surface area contributed by atoms with Crippen LogP contribution in [0.4, 0.5) is 10.5 Å². The van der Waals surface area contributed by atoms with Crippen LogP contribution >= 0.6 is 0 Å². The molecule has 0 bridgehead atoms. The number of amides is 2. The Kier molecular flexibility index (Phi) is 4.79. The van der Waals surface area contributed by atoms with Crippen LogP contribution in [0.3, 0.4) is 0 Å². The van der Waals surface area contributed by atoms with Crippen LogP contribution in [-0.2, 0) is 51.8 Å². The zero-order valence-electron chi connectivity index (χ0n) is 16.3. The van der Waals surface area contributed by atoms with Gasteiger partial charge in [-0.2, -0.15) is 5.10 Å². The number of aryl methyl sites for hydroxylation is 2. The van der Waals surface area contributed by atoms with Crippen LogP contribution in [-0.4, -0.2) is 35.6 Å². The topological polar surface area (TPSA) is 94.8 Å². The van der Waals surface area contributed by atoms with Gasteiger partial charge in [0.15, 0.2) is 5.88 Å². The normalized spacial score (nSPS) is 20.7. The molecule has 3 aliphatic rings. The Morgan fingerprint density at radius 1 is 1.28 bits per heavy atom. The smallest absolute Gasteiger partial charge is 0.322 e. The molecule has 0 radical (unpaired) electrons. The minimum Gasteiger partial charge on any atom is -0.476 e. The van der Waals surface area contributed by atoms with Crippen molar-refractivity contribution in [3.05, 3.63) is 34.5 Å². The molecule has 1 aromatic heterocycles. The van der Waals surface area contributed by atoms with Crippen molar-refractivity contribution in [2.45, 2.75) is 56.1 Å². The lowest BCUT2D eigenvalue weighted by Gasteiger charge is -2.24. The number of nitrogens with zero attached hydrogens (tertiary/aromatic N) is 3. The van der Waals surface area contributed by atoms with E-state index >= 15 is 0 Å². The molecule has 0 unspecified atom stereocenters. The molecule has 0 saturated heterocycles. The Labute approximate surface area is 170 Å². The summed E-state index contributed by atoms with van der Waals surface area (Å²) in [5.74, 6) is 0.384. The van der Waals surface area contributed by atoms with Gasteiger partial charge >= 0.3 is 6.03 Å². The Balaban J connectivity index is 1.40. The van der Waals surface area contributed by atoms with Crippen LogP contribution in [0.5, 0.6) is 5.88 Å². The van der Waals surface area contributed by atoms with Gasteiger partial charge in [-0.05, 0) is 65.7 Å². The van der Waals surface area contributed by atoms with Crippen LogP contribution in [0.1, 0.15) is 35.1 Å². The minimum atomic E-state index is -1.89. The number of rotatable bonds is 3. The number of hydrogen-bond acceptors (Lipinski definition) is 6. The van der Waals surface area contributed by atoms with Gasteiger partial charge in [0.25, 0.3) is 0 Å². The lowest BCUT2D eigenvalue weighted by atomic mass is 9.99. The molecule has 1 N–H and O–H groups in total. The van der Waals surface area contributed by atoms with Gasteiger partial charge in [-0.25, -0.2) is 9.48 Å². The predicted octanol–water partition coefficient (Wildman–Crippen LogP) is 3.01. The lowest BCUT2D eigenvalue weighted by molar-refractivity contribution is 0.0165. The number of aromatic nitrogens is 2. The number of benzene rings is 1. The van der Waals surface area contributed by atoms with Gasteiger partial charge in [-0.1, -0.05) is 6.07 Å². The van der Waals surface area contributed by atoms with Crippen LogP contribution in [0.15, 0.2) is 21.5 Å². The highest BCUT2D eigenvalue weighted by atomic mass is 32.2. The fraction of sp³-hybridized carbons (Fsp3) is 0.500. The molecule has 2 aliphatic carbocycles. The van der Waals surface area contributed by atoms with Gasteiger partial charge in [0.2, 0.25) is 0 Å². The highest BCUT2D eigenvalue weighted by Crippen LogP contribution is 2.38. The van der Waals surface area contributed by atoms with Crippen LogP contribution in [0.25, 0.3) is 0 Å². The van der Waals surface area contributed by atoms with Crippen molar-refractivity contribution in [3.8, 4) is 5.88 Å². The molecule has 2 aromatic rings.